The van der Waals surface area contributed by atoms with Crippen LogP contribution in [-0.2, 0) is 4.79 Å². The summed E-state index contributed by atoms with van der Waals surface area (Å²) >= 11 is 0. The van der Waals surface area contributed by atoms with Gasteiger partial charge in [0, 0.05) is 0 Å². The van der Waals surface area contributed by atoms with Gasteiger partial charge in [-0.25, -0.2) is 0 Å². The molecule has 0 aromatic carbocycles. The third-order valence-electron chi connectivity index (χ3n) is 1.53. The Bertz CT molecular complexity index is 197. The first-order valence-corrected chi connectivity index (χ1v) is 4.47. The largest absolute Gasteiger partial charge is 0.290 e. The Labute approximate surface area is 75.2 Å². The van der Waals surface area contributed by atoms with E-state index in [1.165, 1.54) is 0 Å². The van der Waals surface area contributed by atoms with E-state index in [0.717, 1.165) is 12.0 Å². The fraction of sp³-hybridized carbons (Fsp3) is 0.545. The van der Waals surface area contributed by atoms with E-state index in [9.17, 15) is 4.79 Å². The predicted octanol–water partition coefficient (Wildman–Crippen LogP) is 3.12. The van der Waals surface area contributed by atoms with E-state index in [0.29, 0.717) is 5.92 Å². The van der Waals surface area contributed by atoms with Gasteiger partial charge in [-0.3, -0.25) is 4.79 Å². The Kier molecular flexibility index (Phi) is 5.35. The molecule has 68 valence electrons. The van der Waals surface area contributed by atoms with Gasteiger partial charge in [0.25, 0.3) is 0 Å². The minimum absolute atomic E-state index is 0.130. The number of ketones is 1. The molecule has 0 unspecified atom stereocenters. The van der Waals surface area contributed by atoms with Gasteiger partial charge in [-0.1, -0.05) is 32.9 Å². The molecule has 0 aliphatic carbocycles. The lowest BCUT2D eigenvalue weighted by molar-refractivity contribution is -0.111. The van der Waals surface area contributed by atoms with Gasteiger partial charge >= 0.3 is 0 Å². The quantitative estimate of drug-likeness (QED) is 0.586. The number of hydrogen-bond acceptors (Lipinski definition) is 1. The maximum atomic E-state index is 11.3. The first kappa shape index (κ1) is 11.2. The van der Waals surface area contributed by atoms with Crippen LogP contribution in [0.4, 0.5) is 0 Å². The van der Waals surface area contributed by atoms with Crippen molar-refractivity contribution in [3.63, 3.8) is 0 Å². The van der Waals surface area contributed by atoms with Crippen LogP contribution in [-0.4, -0.2) is 5.78 Å². The molecule has 0 radical (unpaired) electrons. The van der Waals surface area contributed by atoms with Crippen molar-refractivity contribution in [2.75, 3.05) is 0 Å². The molecule has 0 atom stereocenters. The maximum absolute atomic E-state index is 11.3. The van der Waals surface area contributed by atoms with Gasteiger partial charge in [-0.15, -0.1) is 0 Å². The van der Waals surface area contributed by atoms with Crippen LogP contribution in [0.5, 0.6) is 0 Å². The van der Waals surface area contributed by atoms with Crippen LogP contribution in [0.1, 0.15) is 34.1 Å². The van der Waals surface area contributed by atoms with Crippen molar-refractivity contribution < 1.29 is 4.79 Å². The van der Waals surface area contributed by atoms with Gasteiger partial charge in [0.2, 0.25) is 0 Å². The maximum Gasteiger partial charge on any atom is 0.180 e. The average Bonchev–Trinajstić information content (AvgIpc) is 2.00. The highest BCUT2D eigenvalue weighted by Crippen LogP contribution is 2.00. The second-order valence-electron chi connectivity index (χ2n) is 3.26. The van der Waals surface area contributed by atoms with Gasteiger partial charge in [0.1, 0.15) is 0 Å². The van der Waals surface area contributed by atoms with Crippen molar-refractivity contribution in [2.24, 2.45) is 5.92 Å². The van der Waals surface area contributed by atoms with E-state index in [2.05, 4.69) is 13.8 Å². The molecule has 1 heteroatoms. The lowest BCUT2D eigenvalue weighted by Crippen LogP contribution is -1.94. The first-order chi connectivity index (χ1) is 5.57. The molecule has 0 aromatic rings. The molecule has 0 bridgehead atoms. The van der Waals surface area contributed by atoms with E-state index in [1.54, 1.807) is 6.08 Å². The number of rotatable bonds is 4. The number of carbonyl (C=O) groups excluding carboxylic acids is 1. The lowest BCUT2D eigenvalue weighted by Gasteiger charge is -1.95. The van der Waals surface area contributed by atoms with E-state index in [4.69, 9.17) is 0 Å². The van der Waals surface area contributed by atoms with Crippen LogP contribution in [0.2, 0.25) is 0 Å². The summed E-state index contributed by atoms with van der Waals surface area (Å²) in [4.78, 5) is 11.3. The van der Waals surface area contributed by atoms with Gasteiger partial charge < -0.3 is 0 Å². The van der Waals surface area contributed by atoms with Crippen molar-refractivity contribution in [1.82, 2.24) is 0 Å². The lowest BCUT2D eigenvalue weighted by atomic mass is 10.1. The zero-order valence-electron chi connectivity index (χ0n) is 8.42. The van der Waals surface area contributed by atoms with Crippen molar-refractivity contribution in [2.45, 2.75) is 34.1 Å². The molecule has 0 saturated heterocycles. The highest BCUT2D eigenvalue weighted by atomic mass is 16.1. The summed E-state index contributed by atoms with van der Waals surface area (Å²) in [7, 11) is 0. The predicted molar refractivity (Wildman–Crippen MR) is 53.0 cm³/mol. The van der Waals surface area contributed by atoms with Gasteiger partial charge in [0.15, 0.2) is 5.78 Å². The molecule has 12 heavy (non-hydrogen) atoms. The Morgan fingerprint density at radius 1 is 1.42 bits per heavy atom. The molecule has 0 aromatic heterocycles. The normalized spacial score (nSPS) is 12.9. The fourth-order valence-corrected chi connectivity index (χ4v) is 0.818. The molecule has 1 nitrogen and oxygen atoms in total. The minimum atomic E-state index is 0.130. The van der Waals surface area contributed by atoms with Gasteiger partial charge in [-0.2, -0.15) is 0 Å². The second-order valence-corrected chi connectivity index (χ2v) is 3.26. The Balaban J connectivity index is 4.13. The molecule has 0 amide bonds. The molecule has 0 aliphatic heterocycles. The van der Waals surface area contributed by atoms with E-state index in [-0.39, 0.29) is 5.78 Å². The molecular formula is C11H18O. The topological polar surface area (TPSA) is 17.1 Å². The highest BCUT2D eigenvalue weighted by molar-refractivity contribution is 6.03. The minimum Gasteiger partial charge on any atom is -0.290 e. The van der Waals surface area contributed by atoms with Crippen molar-refractivity contribution in [3.8, 4) is 0 Å². The molecule has 0 saturated carbocycles. The van der Waals surface area contributed by atoms with E-state index < -0.39 is 0 Å². The zero-order chi connectivity index (χ0) is 9.56. The summed E-state index contributed by atoms with van der Waals surface area (Å²) in [5, 5.41) is 0. The van der Waals surface area contributed by atoms with Gasteiger partial charge in [-0.05, 0) is 30.9 Å². The Hall–Kier alpha value is -0.850. The van der Waals surface area contributed by atoms with Crippen molar-refractivity contribution in [3.05, 3.63) is 23.8 Å². The Morgan fingerprint density at radius 2 is 2.00 bits per heavy atom. The highest BCUT2D eigenvalue weighted by Gasteiger charge is 1.97. The van der Waals surface area contributed by atoms with Crippen LogP contribution < -0.4 is 0 Å². The van der Waals surface area contributed by atoms with Crippen LogP contribution in [0, 0.1) is 5.92 Å². The molecular weight excluding hydrogens is 148 g/mol. The third kappa shape index (κ3) is 4.89. The fourth-order valence-electron chi connectivity index (χ4n) is 0.818. The summed E-state index contributed by atoms with van der Waals surface area (Å²) in [5.41, 5.74) is 0.842. The van der Waals surface area contributed by atoms with Crippen LogP contribution in [0.3, 0.4) is 0 Å². The number of allylic oxidation sites excluding steroid dienone is 4. The van der Waals surface area contributed by atoms with Crippen LogP contribution >= 0.6 is 0 Å². The Morgan fingerprint density at radius 3 is 2.42 bits per heavy atom. The summed E-state index contributed by atoms with van der Waals surface area (Å²) in [5.74, 6) is 0.578. The molecule has 0 heterocycles. The number of carbonyl (C=O) groups is 1. The third-order valence-corrected chi connectivity index (χ3v) is 1.53. The second kappa shape index (κ2) is 5.76. The number of hydrogen-bond donors (Lipinski definition) is 0. The van der Waals surface area contributed by atoms with Gasteiger partial charge in [0.05, 0.1) is 0 Å². The van der Waals surface area contributed by atoms with Crippen LogP contribution in [0.25, 0.3) is 0 Å². The molecule has 0 aliphatic rings. The smallest absolute Gasteiger partial charge is 0.180 e. The summed E-state index contributed by atoms with van der Waals surface area (Å²) in [6, 6.07) is 0. The zero-order valence-corrected chi connectivity index (χ0v) is 8.42. The van der Waals surface area contributed by atoms with Crippen molar-refractivity contribution >= 4 is 5.78 Å². The average molecular weight is 166 g/mol. The molecule has 0 fully saturated rings. The summed E-state index contributed by atoms with van der Waals surface area (Å²) in [6.07, 6.45) is 6.46. The molecule has 0 N–H and O–H groups in total. The van der Waals surface area contributed by atoms with Crippen molar-refractivity contribution in [1.29, 1.82) is 0 Å². The summed E-state index contributed by atoms with van der Waals surface area (Å²) in [6.45, 7) is 8.00. The molecule has 0 spiro atoms. The van der Waals surface area contributed by atoms with E-state index >= 15 is 0 Å². The van der Waals surface area contributed by atoms with Crippen LogP contribution in [0.15, 0.2) is 23.8 Å². The standard InChI is InChI=1S/C11H18O/c1-5-6-10(4)11(12)8-7-9(2)3/h6-9H,5H2,1-4H3/b8-7+,10-6+. The summed E-state index contributed by atoms with van der Waals surface area (Å²) < 4.78 is 0. The van der Waals surface area contributed by atoms with E-state index in [1.807, 2.05) is 26.0 Å². The first-order valence-electron chi connectivity index (χ1n) is 4.47. The monoisotopic (exact) mass is 166 g/mol. The molecule has 0 rings (SSSR count). The SMILES string of the molecule is CC/C=C(\C)C(=O)/C=C/C(C)C.